The van der Waals surface area contributed by atoms with Gasteiger partial charge in [-0.1, -0.05) is 45.0 Å². The molecule has 10 heteroatoms. The van der Waals surface area contributed by atoms with E-state index in [1.807, 2.05) is 11.8 Å². The van der Waals surface area contributed by atoms with Gasteiger partial charge in [-0.15, -0.1) is 11.8 Å². The van der Waals surface area contributed by atoms with Gasteiger partial charge in [0.2, 0.25) is 11.0 Å². The second kappa shape index (κ2) is 10.7. The Balaban J connectivity index is 1.40. The van der Waals surface area contributed by atoms with Gasteiger partial charge < -0.3 is 9.16 Å². The molecule has 2 aliphatic heterocycles. The monoisotopic (exact) mass is 596 g/mol. The van der Waals surface area contributed by atoms with Crippen molar-refractivity contribution in [3.05, 3.63) is 85.9 Å². The predicted molar refractivity (Wildman–Crippen MR) is 164 cm³/mol. The van der Waals surface area contributed by atoms with Crippen LogP contribution in [0.4, 0.5) is 5.69 Å². The molecule has 3 aliphatic rings. The van der Waals surface area contributed by atoms with Gasteiger partial charge >= 0.3 is 0 Å². The minimum absolute atomic E-state index is 0.0255. The number of hydrogen-bond acceptors (Lipinski definition) is 7. The van der Waals surface area contributed by atoms with E-state index in [1.165, 1.54) is 23.3 Å². The summed E-state index contributed by atoms with van der Waals surface area (Å²) in [6.45, 7) is 13.3. The van der Waals surface area contributed by atoms with E-state index in [-0.39, 0.29) is 51.6 Å². The topological polar surface area (TPSA) is 81.9 Å². The van der Waals surface area contributed by atoms with Crippen molar-refractivity contribution in [1.82, 2.24) is 4.90 Å². The van der Waals surface area contributed by atoms with Gasteiger partial charge in [0, 0.05) is 23.0 Å². The van der Waals surface area contributed by atoms with Crippen molar-refractivity contribution in [1.29, 1.82) is 0 Å². The molecule has 7 nitrogen and oxygen atoms in total. The van der Waals surface area contributed by atoms with E-state index in [1.54, 1.807) is 23.9 Å². The second-order valence-corrected chi connectivity index (χ2v) is 18.6. The van der Waals surface area contributed by atoms with E-state index >= 15 is 0 Å². The summed E-state index contributed by atoms with van der Waals surface area (Å²) in [6, 6.07) is 14.7. The molecule has 1 aliphatic carbocycles. The Kier molecular flexibility index (Phi) is 7.75. The van der Waals surface area contributed by atoms with Crippen molar-refractivity contribution in [3.63, 3.8) is 0 Å². The number of β-lactam (4-membered cyclic amide) rings is 1. The standard InChI is InChI=1S/C30H36N2O5S2Si/c1-18(37-40(5,6)30(2,3)4)24-27(33)31-25(29(38)36-17-19-11-14-21(15-12-19)32(34)35)26(39-28(24)31)23-16-13-20-9-7-8-10-22(20)23/h7-12,14-15,18,23-24,28H,13,16-17H2,1-6H3/t18-,23?,24+,28+/m0/s1. The van der Waals surface area contributed by atoms with Crippen LogP contribution in [-0.4, -0.2) is 40.6 Å². The summed E-state index contributed by atoms with van der Waals surface area (Å²) in [5, 5.41) is 11.3. The summed E-state index contributed by atoms with van der Waals surface area (Å²) >= 11 is 7.57. The molecule has 0 bridgehead atoms. The van der Waals surface area contributed by atoms with Crippen LogP contribution in [0.2, 0.25) is 18.1 Å². The number of rotatable bonds is 8. The second-order valence-electron chi connectivity index (χ2n) is 12.3. The van der Waals surface area contributed by atoms with E-state index in [2.05, 4.69) is 58.1 Å². The maximum Gasteiger partial charge on any atom is 0.269 e. The molecule has 4 atom stereocenters. The third-order valence-corrected chi connectivity index (χ3v) is 15.1. The summed E-state index contributed by atoms with van der Waals surface area (Å²) in [5.74, 6) is -0.0604. The number of nitrogens with zero attached hydrogens (tertiary/aromatic N) is 2. The molecule has 2 aromatic carbocycles. The highest BCUT2D eigenvalue weighted by Crippen LogP contribution is 2.57. The molecule has 1 fully saturated rings. The number of non-ortho nitro benzene ring substituents is 1. The van der Waals surface area contributed by atoms with Gasteiger partial charge in [-0.3, -0.25) is 19.8 Å². The van der Waals surface area contributed by atoms with Gasteiger partial charge in [0.15, 0.2) is 8.32 Å². The number of ether oxygens (including phenoxy) is 1. The molecule has 1 saturated heterocycles. The Morgan fingerprint density at radius 1 is 1.20 bits per heavy atom. The lowest BCUT2D eigenvalue weighted by atomic mass is 9.91. The van der Waals surface area contributed by atoms with E-state index in [0.29, 0.717) is 5.70 Å². The minimum Gasteiger partial charge on any atom is -0.477 e. The van der Waals surface area contributed by atoms with Gasteiger partial charge in [-0.05, 0) is 78.9 Å². The maximum atomic E-state index is 13.8. The zero-order valence-electron chi connectivity index (χ0n) is 23.8. The number of aryl methyl sites for hydroxylation is 1. The molecule has 40 heavy (non-hydrogen) atoms. The number of thioether (sulfide) groups is 1. The number of carbonyl (C=O) groups is 1. The summed E-state index contributed by atoms with van der Waals surface area (Å²) in [7, 11) is -2.06. The van der Waals surface area contributed by atoms with Crippen LogP contribution in [0, 0.1) is 16.0 Å². The quantitative estimate of drug-likeness (QED) is 0.104. The molecule has 2 heterocycles. The number of carbonyl (C=O) groups excluding carboxylic acids is 1. The highest BCUT2D eigenvalue weighted by atomic mass is 32.2. The number of amides is 1. The molecule has 1 unspecified atom stereocenters. The third kappa shape index (κ3) is 5.15. The molecule has 0 spiro atoms. The maximum absolute atomic E-state index is 13.8. The van der Waals surface area contributed by atoms with E-state index < -0.39 is 13.2 Å². The van der Waals surface area contributed by atoms with Crippen molar-refractivity contribution >= 4 is 48.9 Å². The Hall–Kier alpha value is -2.53. The summed E-state index contributed by atoms with van der Waals surface area (Å²) < 4.78 is 12.8. The van der Waals surface area contributed by atoms with Crippen LogP contribution in [0.15, 0.2) is 59.1 Å². The van der Waals surface area contributed by atoms with Gasteiger partial charge in [-0.2, -0.15) is 0 Å². The molecule has 0 saturated carbocycles. The summed E-state index contributed by atoms with van der Waals surface area (Å²) in [5.41, 5.74) is 4.13. The fourth-order valence-electron chi connectivity index (χ4n) is 5.51. The first-order chi connectivity index (χ1) is 18.8. The van der Waals surface area contributed by atoms with Gasteiger partial charge in [-0.25, -0.2) is 0 Å². The first kappa shape index (κ1) is 29.0. The lowest BCUT2D eigenvalue weighted by Crippen LogP contribution is -2.62. The van der Waals surface area contributed by atoms with Crippen LogP contribution in [0.1, 0.15) is 56.7 Å². The van der Waals surface area contributed by atoms with Crippen LogP contribution in [-0.2, 0) is 27.0 Å². The predicted octanol–water partition coefficient (Wildman–Crippen LogP) is 7.32. The average molecular weight is 597 g/mol. The number of fused-ring (bicyclic) bond motifs is 2. The van der Waals surface area contributed by atoms with Crippen LogP contribution >= 0.6 is 24.0 Å². The van der Waals surface area contributed by atoms with Crippen LogP contribution in [0.5, 0.6) is 0 Å². The fourth-order valence-corrected chi connectivity index (χ4v) is 9.04. The van der Waals surface area contributed by atoms with Gasteiger partial charge in [0.25, 0.3) is 5.69 Å². The molecule has 2 aromatic rings. The SMILES string of the molecule is C[C@H](O[Si](C)(C)C(C)(C)C)[C@@H]1C(=O)N2C(C(=S)OCc3ccc([N+](=O)[O-])cc3)=C(C3CCc4ccccc43)S[C@H]12. The van der Waals surface area contributed by atoms with Crippen LogP contribution < -0.4 is 0 Å². The highest BCUT2D eigenvalue weighted by Gasteiger charge is 2.59. The molecular formula is C30H36N2O5S2Si. The Bertz CT molecular complexity index is 1390. The van der Waals surface area contributed by atoms with Crippen molar-refractivity contribution < 1.29 is 18.9 Å². The van der Waals surface area contributed by atoms with E-state index in [0.717, 1.165) is 23.3 Å². The molecule has 5 rings (SSSR count). The Labute approximate surface area is 246 Å². The molecule has 212 valence electrons. The van der Waals surface area contributed by atoms with Gasteiger partial charge in [0.1, 0.15) is 17.7 Å². The van der Waals surface area contributed by atoms with Crippen molar-refractivity contribution in [3.8, 4) is 0 Å². The van der Waals surface area contributed by atoms with E-state index in [9.17, 15) is 14.9 Å². The number of nitro benzene ring substituents is 1. The zero-order chi connectivity index (χ0) is 29.0. The van der Waals surface area contributed by atoms with Crippen molar-refractivity contribution in [2.45, 2.75) is 82.7 Å². The number of hydrogen-bond donors (Lipinski definition) is 0. The largest absolute Gasteiger partial charge is 0.477 e. The normalized spacial score (nSPS) is 23.0. The minimum atomic E-state index is -2.06. The summed E-state index contributed by atoms with van der Waals surface area (Å²) in [4.78, 5) is 27.3. The molecule has 1 amide bonds. The lowest BCUT2D eigenvalue weighted by Gasteiger charge is -2.48. The molecule has 0 N–H and O–H groups in total. The first-order valence-electron chi connectivity index (χ1n) is 13.7. The van der Waals surface area contributed by atoms with Crippen molar-refractivity contribution in [2.75, 3.05) is 0 Å². The van der Waals surface area contributed by atoms with Crippen LogP contribution in [0.3, 0.4) is 0 Å². The first-order valence-corrected chi connectivity index (χ1v) is 17.9. The van der Waals surface area contributed by atoms with Gasteiger partial charge in [0.05, 0.1) is 16.9 Å². The molecule has 0 aromatic heterocycles. The van der Waals surface area contributed by atoms with Crippen LogP contribution in [0.25, 0.3) is 0 Å². The van der Waals surface area contributed by atoms with E-state index in [4.69, 9.17) is 21.4 Å². The fraction of sp³-hybridized carbons (Fsp3) is 0.467. The number of nitro groups is 1. The Morgan fingerprint density at radius 2 is 1.88 bits per heavy atom. The third-order valence-electron chi connectivity index (χ3n) is 8.76. The summed E-state index contributed by atoms with van der Waals surface area (Å²) in [6.07, 6.45) is 1.75. The average Bonchev–Trinajstić information content (AvgIpc) is 3.45. The molecule has 0 radical (unpaired) electrons. The highest BCUT2D eigenvalue weighted by molar-refractivity contribution is 8.04. The van der Waals surface area contributed by atoms with Crippen molar-refractivity contribution in [2.24, 2.45) is 5.92 Å². The number of thiocarbonyl (C=S) groups is 1. The Morgan fingerprint density at radius 3 is 2.52 bits per heavy atom. The number of allylic oxidation sites excluding steroid dienone is 1. The smallest absolute Gasteiger partial charge is 0.269 e. The lowest BCUT2D eigenvalue weighted by molar-refractivity contribution is -0.384. The molecular weight excluding hydrogens is 561 g/mol. The zero-order valence-corrected chi connectivity index (χ0v) is 26.4. The number of benzene rings is 2.